The maximum Gasteiger partial charge on any atom is 0.255 e. The number of amides is 2. The van der Waals surface area contributed by atoms with Gasteiger partial charge < -0.3 is 10.6 Å². The van der Waals surface area contributed by atoms with Crippen molar-refractivity contribution >= 4 is 44.6 Å². The molecule has 160 valence electrons. The normalized spacial score (nSPS) is 11.1. The number of anilines is 2. The number of sulfone groups is 1. The number of hydrogen-bond donors (Lipinski definition) is 2. The molecule has 0 aromatic heterocycles. The zero-order valence-corrected chi connectivity index (χ0v) is 18.1. The molecule has 2 N–H and O–H groups in total. The topological polar surface area (TPSA) is 92.3 Å². The summed E-state index contributed by atoms with van der Waals surface area (Å²) in [7, 11) is -3.45. The number of carbonyl (C=O) groups is 2. The summed E-state index contributed by atoms with van der Waals surface area (Å²) in [4.78, 5) is 24.9. The number of benzene rings is 3. The van der Waals surface area contributed by atoms with Crippen LogP contribution in [-0.4, -0.2) is 26.5 Å². The van der Waals surface area contributed by atoms with E-state index in [2.05, 4.69) is 10.6 Å². The Balaban J connectivity index is 1.74. The maximum absolute atomic E-state index is 13.4. The SMILES string of the molecule is Cc1cc(C(=O)Nc2ccc(NC(=O)c3cccc(S(C)(=O)=O)c3)c(Cl)c2)ccc1F. The lowest BCUT2D eigenvalue weighted by atomic mass is 10.1. The van der Waals surface area contributed by atoms with Gasteiger partial charge in [-0.1, -0.05) is 17.7 Å². The molecule has 0 bridgehead atoms. The number of nitrogens with one attached hydrogen (secondary N) is 2. The highest BCUT2D eigenvalue weighted by molar-refractivity contribution is 7.90. The van der Waals surface area contributed by atoms with Crippen LogP contribution < -0.4 is 10.6 Å². The second kappa shape index (κ2) is 8.87. The number of hydrogen-bond acceptors (Lipinski definition) is 4. The monoisotopic (exact) mass is 460 g/mol. The lowest BCUT2D eigenvalue weighted by Crippen LogP contribution is -2.14. The minimum absolute atomic E-state index is 0.0281. The van der Waals surface area contributed by atoms with Gasteiger partial charge in [0.2, 0.25) is 0 Å². The van der Waals surface area contributed by atoms with Crippen molar-refractivity contribution in [3.8, 4) is 0 Å². The standard InChI is InChI=1S/C22H18ClFN2O4S/c1-13-10-15(6-8-19(13)24)21(27)25-16-7-9-20(18(23)12-16)26-22(28)14-4-3-5-17(11-14)31(2,29)30/h3-12H,1-2H3,(H,25,27)(H,26,28). The van der Waals surface area contributed by atoms with Gasteiger partial charge in [-0.3, -0.25) is 9.59 Å². The van der Waals surface area contributed by atoms with Gasteiger partial charge in [-0.05, 0) is 67.1 Å². The summed E-state index contributed by atoms with van der Waals surface area (Å²) in [6.45, 7) is 1.56. The van der Waals surface area contributed by atoms with Crippen LogP contribution in [0, 0.1) is 12.7 Å². The second-order valence-corrected chi connectivity index (χ2v) is 9.29. The summed E-state index contributed by atoms with van der Waals surface area (Å²) in [5.41, 5.74) is 1.46. The number of carbonyl (C=O) groups excluding carboxylic acids is 2. The summed E-state index contributed by atoms with van der Waals surface area (Å²) in [5, 5.41) is 5.44. The van der Waals surface area contributed by atoms with Crippen molar-refractivity contribution in [2.24, 2.45) is 0 Å². The van der Waals surface area contributed by atoms with Gasteiger partial charge in [-0.2, -0.15) is 0 Å². The Bertz CT molecular complexity index is 1290. The molecule has 0 radical (unpaired) electrons. The van der Waals surface area contributed by atoms with E-state index in [1.54, 1.807) is 13.0 Å². The lowest BCUT2D eigenvalue weighted by Gasteiger charge is -2.11. The van der Waals surface area contributed by atoms with Gasteiger partial charge in [0.1, 0.15) is 5.82 Å². The quantitative estimate of drug-likeness (QED) is 0.577. The van der Waals surface area contributed by atoms with Crippen LogP contribution in [0.1, 0.15) is 26.3 Å². The van der Waals surface area contributed by atoms with Gasteiger partial charge in [0.25, 0.3) is 11.8 Å². The molecule has 0 aliphatic heterocycles. The minimum atomic E-state index is -3.45. The van der Waals surface area contributed by atoms with Crippen LogP contribution in [0.15, 0.2) is 65.6 Å². The Kier molecular flexibility index (Phi) is 6.42. The molecule has 31 heavy (non-hydrogen) atoms. The summed E-state index contributed by atoms with van der Waals surface area (Å²) >= 11 is 6.23. The molecule has 2 amide bonds. The maximum atomic E-state index is 13.4. The Morgan fingerprint density at radius 1 is 0.903 bits per heavy atom. The highest BCUT2D eigenvalue weighted by Gasteiger charge is 2.14. The van der Waals surface area contributed by atoms with Crippen molar-refractivity contribution in [1.29, 1.82) is 0 Å². The molecule has 3 rings (SSSR count). The molecule has 0 saturated heterocycles. The molecular formula is C22H18ClFN2O4S. The molecule has 0 heterocycles. The number of rotatable bonds is 5. The molecule has 6 nitrogen and oxygen atoms in total. The summed E-state index contributed by atoms with van der Waals surface area (Å²) in [5.74, 6) is -1.37. The fourth-order valence-corrected chi connectivity index (χ4v) is 3.64. The Labute approximate surface area is 184 Å². The Morgan fingerprint density at radius 2 is 1.58 bits per heavy atom. The first-order valence-electron chi connectivity index (χ1n) is 9.03. The first-order valence-corrected chi connectivity index (χ1v) is 11.3. The van der Waals surface area contributed by atoms with Gasteiger partial charge in [0, 0.05) is 23.1 Å². The predicted molar refractivity (Wildman–Crippen MR) is 118 cm³/mol. The molecular weight excluding hydrogens is 443 g/mol. The van der Waals surface area contributed by atoms with Crippen molar-refractivity contribution in [1.82, 2.24) is 0 Å². The summed E-state index contributed by atoms with van der Waals surface area (Å²) in [6, 6.07) is 14.2. The fraction of sp³-hybridized carbons (Fsp3) is 0.0909. The molecule has 0 unspecified atom stereocenters. The zero-order chi connectivity index (χ0) is 22.8. The van der Waals surface area contributed by atoms with Crippen LogP contribution in [0.25, 0.3) is 0 Å². The molecule has 9 heteroatoms. The van der Waals surface area contributed by atoms with E-state index in [-0.39, 0.29) is 26.7 Å². The van der Waals surface area contributed by atoms with Gasteiger partial charge in [0.15, 0.2) is 9.84 Å². The van der Waals surface area contributed by atoms with Crippen LogP contribution in [0.4, 0.5) is 15.8 Å². The van der Waals surface area contributed by atoms with Gasteiger partial charge in [-0.25, -0.2) is 12.8 Å². The molecule has 3 aromatic carbocycles. The summed E-state index contributed by atoms with van der Waals surface area (Å²) in [6.07, 6.45) is 1.06. The van der Waals surface area contributed by atoms with E-state index < -0.39 is 27.5 Å². The third-order valence-corrected chi connectivity index (χ3v) is 5.84. The van der Waals surface area contributed by atoms with Crippen molar-refractivity contribution in [2.45, 2.75) is 11.8 Å². The third kappa shape index (κ3) is 5.48. The lowest BCUT2D eigenvalue weighted by molar-refractivity contribution is 0.101. The third-order valence-electron chi connectivity index (χ3n) is 4.42. The van der Waals surface area contributed by atoms with E-state index >= 15 is 0 Å². The van der Waals surface area contributed by atoms with Crippen LogP contribution >= 0.6 is 11.6 Å². The van der Waals surface area contributed by atoms with Crippen molar-refractivity contribution < 1.29 is 22.4 Å². The zero-order valence-electron chi connectivity index (χ0n) is 16.6. The molecule has 0 saturated carbocycles. The molecule has 0 spiro atoms. The average molecular weight is 461 g/mol. The van der Waals surface area contributed by atoms with Crippen molar-refractivity contribution in [3.05, 3.63) is 88.2 Å². The largest absolute Gasteiger partial charge is 0.322 e. The van der Waals surface area contributed by atoms with Crippen LogP contribution in [0.2, 0.25) is 5.02 Å². The smallest absolute Gasteiger partial charge is 0.255 e. The molecule has 0 aliphatic rings. The van der Waals surface area contributed by atoms with E-state index in [0.29, 0.717) is 11.3 Å². The predicted octanol–water partition coefficient (Wildman–Crippen LogP) is 4.70. The van der Waals surface area contributed by atoms with E-state index in [9.17, 15) is 22.4 Å². The van der Waals surface area contributed by atoms with Crippen molar-refractivity contribution in [2.75, 3.05) is 16.9 Å². The molecule has 0 fully saturated rings. The molecule has 0 aliphatic carbocycles. The number of aryl methyl sites for hydroxylation is 1. The Hall–Kier alpha value is -3.23. The minimum Gasteiger partial charge on any atom is -0.322 e. The first-order chi connectivity index (χ1) is 14.5. The molecule has 3 aromatic rings. The number of halogens is 2. The van der Waals surface area contributed by atoms with E-state index in [0.717, 1.165) is 6.26 Å². The van der Waals surface area contributed by atoms with E-state index in [4.69, 9.17) is 11.6 Å². The van der Waals surface area contributed by atoms with E-state index in [1.807, 2.05) is 0 Å². The van der Waals surface area contributed by atoms with Crippen molar-refractivity contribution in [3.63, 3.8) is 0 Å². The first kappa shape index (κ1) is 22.5. The highest BCUT2D eigenvalue weighted by atomic mass is 35.5. The van der Waals surface area contributed by atoms with Gasteiger partial charge >= 0.3 is 0 Å². The summed E-state index contributed by atoms with van der Waals surface area (Å²) < 4.78 is 36.7. The Morgan fingerprint density at radius 3 is 2.23 bits per heavy atom. The van der Waals surface area contributed by atoms with Gasteiger partial charge in [-0.15, -0.1) is 0 Å². The van der Waals surface area contributed by atoms with Gasteiger partial charge in [0.05, 0.1) is 15.6 Å². The van der Waals surface area contributed by atoms with Crippen LogP contribution in [0.3, 0.4) is 0 Å². The molecule has 0 atom stereocenters. The van der Waals surface area contributed by atoms with Crippen LogP contribution in [0.5, 0.6) is 0 Å². The van der Waals surface area contributed by atoms with Crippen LogP contribution in [-0.2, 0) is 9.84 Å². The van der Waals surface area contributed by atoms with E-state index in [1.165, 1.54) is 54.6 Å². The highest BCUT2D eigenvalue weighted by Crippen LogP contribution is 2.27. The second-order valence-electron chi connectivity index (χ2n) is 6.87. The average Bonchev–Trinajstić information content (AvgIpc) is 2.71. The fourth-order valence-electron chi connectivity index (χ4n) is 2.75.